The molecule has 0 aliphatic rings. The van der Waals surface area contributed by atoms with Crippen molar-refractivity contribution in [1.82, 2.24) is 0 Å². The quantitative estimate of drug-likeness (QED) is 0.810. The second kappa shape index (κ2) is 6.89. The number of ether oxygens (including phenoxy) is 2. The molecule has 100 valence electrons. The van der Waals surface area contributed by atoms with Gasteiger partial charge in [0.15, 0.2) is 11.5 Å². The van der Waals surface area contributed by atoms with Crippen LogP contribution in [0, 0.1) is 0 Å². The van der Waals surface area contributed by atoms with E-state index in [1.54, 1.807) is 7.11 Å². The summed E-state index contributed by atoms with van der Waals surface area (Å²) < 4.78 is 11.0. The van der Waals surface area contributed by atoms with Gasteiger partial charge in [0.25, 0.3) is 0 Å². The molecule has 0 spiro atoms. The zero-order chi connectivity index (χ0) is 13.5. The van der Waals surface area contributed by atoms with E-state index >= 15 is 0 Å². The van der Waals surface area contributed by atoms with Crippen molar-refractivity contribution in [2.75, 3.05) is 7.11 Å². The van der Waals surface area contributed by atoms with E-state index in [0.29, 0.717) is 18.6 Å². The Morgan fingerprint density at radius 1 is 1.39 bits per heavy atom. The molecule has 18 heavy (non-hydrogen) atoms. The van der Waals surface area contributed by atoms with Crippen molar-refractivity contribution in [2.45, 2.75) is 39.2 Å². The highest BCUT2D eigenvalue weighted by Gasteiger charge is 2.12. The molecule has 0 amide bonds. The molecule has 0 aliphatic carbocycles. The molecule has 0 aromatic heterocycles. The van der Waals surface area contributed by atoms with Gasteiger partial charge in [0, 0.05) is 6.42 Å². The van der Waals surface area contributed by atoms with E-state index in [1.807, 2.05) is 32.0 Å². The van der Waals surface area contributed by atoms with E-state index in [-0.39, 0.29) is 12.5 Å². The van der Waals surface area contributed by atoms with E-state index < -0.39 is 5.97 Å². The number of hydrogen-bond acceptors (Lipinski definition) is 3. The van der Waals surface area contributed by atoms with Gasteiger partial charge in [0.2, 0.25) is 0 Å². The maximum atomic E-state index is 10.5. The summed E-state index contributed by atoms with van der Waals surface area (Å²) in [6.07, 6.45) is 1.49. The van der Waals surface area contributed by atoms with Crippen molar-refractivity contribution < 1.29 is 19.4 Å². The van der Waals surface area contributed by atoms with Crippen LogP contribution < -0.4 is 9.47 Å². The number of aryl methyl sites for hydroxylation is 1. The molecular formula is C14H20O4. The third-order valence-electron chi connectivity index (χ3n) is 2.47. The lowest BCUT2D eigenvalue weighted by Gasteiger charge is -2.17. The highest BCUT2D eigenvalue weighted by atomic mass is 16.5. The zero-order valence-corrected chi connectivity index (χ0v) is 11.1. The van der Waals surface area contributed by atoms with E-state index in [0.717, 1.165) is 11.3 Å². The second-order valence-corrected chi connectivity index (χ2v) is 4.36. The van der Waals surface area contributed by atoms with Gasteiger partial charge in [-0.25, -0.2) is 0 Å². The van der Waals surface area contributed by atoms with E-state index in [9.17, 15) is 4.79 Å². The van der Waals surface area contributed by atoms with Crippen molar-refractivity contribution in [1.29, 1.82) is 0 Å². The molecular weight excluding hydrogens is 232 g/mol. The minimum absolute atomic E-state index is 0.0551. The van der Waals surface area contributed by atoms with Gasteiger partial charge in [-0.1, -0.05) is 12.1 Å². The van der Waals surface area contributed by atoms with Crippen molar-refractivity contribution in [3.8, 4) is 11.5 Å². The van der Waals surface area contributed by atoms with Crippen LogP contribution in [0.15, 0.2) is 18.2 Å². The Labute approximate surface area is 108 Å². The first kappa shape index (κ1) is 14.4. The zero-order valence-electron chi connectivity index (χ0n) is 11.1. The number of carboxylic acids is 1. The molecule has 0 heterocycles. The summed E-state index contributed by atoms with van der Waals surface area (Å²) in [7, 11) is 1.60. The normalized spacial score (nSPS) is 10.4. The Morgan fingerprint density at radius 2 is 2.11 bits per heavy atom. The number of carbonyl (C=O) groups is 1. The molecule has 1 rings (SSSR count). The predicted octanol–water partition coefficient (Wildman–Crippen LogP) is 2.89. The Balaban J connectivity index is 2.84. The van der Waals surface area contributed by atoms with Gasteiger partial charge in [0.1, 0.15) is 0 Å². The standard InChI is InChI=1S/C14H20O4/c1-10(2)18-14-11(7-5-9-13(15)16)6-4-8-12(14)17-3/h4,6,8,10H,5,7,9H2,1-3H3,(H,15,16). The summed E-state index contributed by atoms with van der Waals surface area (Å²) in [5, 5.41) is 8.65. The van der Waals surface area contributed by atoms with Crippen molar-refractivity contribution in [2.24, 2.45) is 0 Å². The summed E-state index contributed by atoms with van der Waals surface area (Å²) in [6.45, 7) is 3.90. The monoisotopic (exact) mass is 252 g/mol. The average Bonchev–Trinajstić information content (AvgIpc) is 2.30. The van der Waals surface area contributed by atoms with E-state index in [2.05, 4.69) is 0 Å². The molecule has 0 saturated carbocycles. The van der Waals surface area contributed by atoms with Crippen LogP contribution in [-0.4, -0.2) is 24.3 Å². The molecule has 4 heteroatoms. The van der Waals surface area contributed by atoms with Crippen LogP contribution in [-0.2, 0) is 11.2 Å². The van der Waals surface area contributed by atoms with E-state index in [4.69, 9.17) is 14.6 Å². The van der Waals surface area contributed by atoms with Crippen LogP contribution in [0.3, 0.4) is 0 Å². The predicted molar refractivity (Wildman–Crippen MR) is 69.3 cm³/mol. The Morgan fingerprint density at radius 3 is 2.67 bits per heavy atom. The molecule has 1 aromatic rings. The minimum Gasteiger partial charge on any atom is -0.493 e. The Bertz CT molecular complexity index is 399. The fourth-order valence-corrected chi connectivity index (χ4v) is 1.72. The average molecular weight is 252 g/mol. The van der Waals surface area contributed by atoms with E-state index in [1.165, 1.54) is 0 Å². The van der Waals surface area contributed by atoms with Gasteiger partial charge in [-0.15, -0.1) is 0 Å². The highest BCUT2D eigenvalue weighted by molar-refractivity contribution is 5.66. The third-order valence-corrected chi connectivity index (χ3v) is 2.47. The molecule has 4 nitrogen and oxygen atoms in total. The smallest absolute Gasteiger partial charge is 0.303 e. The number of hydrogen-bond donors (Lipinski definition) is 1. The SMILES string of the molecule is COc1cccc(CCCC(=O)O)c1OC(C)C. The van der Waals surface area contributed by atoms with Crippen molar-refractivity contribution >= 4 is 5.97 Å². The number of benzene rings is 1. The van der Waals surface area contributed by atoms with Gasteiger partial charge in [-0.3, -0.25) is 4.79 Å². The molecule has 0 fully saturated rings. The van der Waals surface area contributed by atoms with Crippen LogP contribution in [0.1, 0.15) is 32.3 Å². The molecule has 0 bridgehead atoms. The fourth-order valence-electron chi connectivity index (χ4n) is 1.72. The third kappa shape index (κ3) is 4.28. The maximum Gasteiger partial charge on any atom is 0.303 e. The lowest BCUT2D eigenvalue weighted by atomic mass is 10.1. The second-order valence-electron chi connectivity index (χ2n) is 4.36. The summed E-state index contributed by atoms with van der Waals surface area (Å²) in [5.74, 6) is 0.640. The number of para-hydroxylation sites is 1. The van der Waals surface area contributed by atoms with Crippen LogP contribution in [0.4, 0.5) is 0 Å². The maximum absolute atomic E-state index is 10.5. The first-order chi connectivity index (χ1) is 8.54. The molecule has 0 saturated heterocycles. The molecule has 1 N–H and O–H groups in total. The molecule has 0 atom stereocenters. The number of carboxylic acid groups (broad SMARTS) is 1. The fraction of sp³-hybridized carbons (Fsp3) is 0.500. The number of rotatable bonds is 7. The highest BCUT2D eigenvalue weighted by Crippen LogP contribution is 2.32. The summed E-state index contributed by atoms with van der Waals surface area (Å²) in [4.78, 5) is 10.5. The minimum atomic E-state index is -0.774. The first-order valence-corrected chi connectivity index (χ1v) is 6.09. The van der Waals surface area contributed by atoms with Gasteiger partial charge in [-0.05, 0) is 38.3 Å². The van der Waals surface area contributed by atoms with Crippen molar-refractivity contribution in [3.05, 3.63) is 23.8 Å². The van der Waals surface area contributed by atoms with Crippen LogP contribution in [0.5, 0.6) is 11.5 Å². The molecule has 0 unspecified atom stereocenters. The van der Waals surface area contributed by atoms with Gasteiger partial charge < -0.3 is 14.6 Å². The van der Waals surface area contributed by atoms with Gasteiger partial charge in [-0.2, -0.15) is 0 Å². The number of aliphatic carboxylic acids is 1. The lowest BCUT2D eigenvalue weighted by molar-refractivity contribution is -0.137. The van der Waals surface area contributed by atoms with Crippen LogP contribution >= 0.6 is 0 Å². The Hall–Kier alpha value is -1.71. The molecule has 1 aromatic carbocycles. The van der Waals surface area contributed by atoms with Crippen molar-refractivity contribution in [3.63, 3.8) is 0 Å². The summed E-state index contributed by atoms with van der Waals surface area (Å²) >= 11 is 0. The van der Waals surface area contributed by atoms with Crippen LogP contribution in [0.25, 0.3) is 0 Å². The molecule has 0 radical (unpaired) electrons. The molecule has 0 aliphatic heterocycles. The van der Waals surface area contributed by atoms with Crippen LogP contribution in [0.2, 0.25) is 0 Å². The van der Waals surface area contributed by atoms with Gasteiger partial charge >= 0.3 is 5.97 Å². The lowest BCUT2D eigenvalue weighted by Crippen LogP contribution is -2.09. The topological polar surface area (TPSA) is 55.8 Å². The largest absolute Gasteiger partial charge is 0.493 e. The Kier molecular flexibility index (Phi) is 5.49. The number of methoxy groups -OCH3 is 1. The first-order valence-electron chi connectivity index (χ1n) is 6.09. The van der Waals surface area contributed by atoms with Gasteiger partial charge in [0.05, 0.1) is 13.2 Å². The summed E-state index contributed by atoms with van der Waals surface area (Å²) in [5.41, 5.74) is 0.990. The summed E-state index contributed by atoms with van der Waals surface area (Å²) in [6, 6.07) is 5.68.